The van der Waals surface area contributed by atoms with Crippen LogP contribution in [0.25, 0.3) is 0 Å². The number of carbonyl (C=O) groups excluding carboxylic acids is 1. The summed E-state index contributed by atoms with van der Waals surface area (Å²) in [6, 6.07) is 0. The highest BCUT2D eigenvalue weighted by molar-refractivity contribution is 5.69. The fraction of sp³-hybridized carbons (Fsp3) is 0.897. The van der Waals surface area contributed by atoms with Crippen LogP contribution in [0.1, 0.15) is 105 Å². The molecule has 3 aliphatic rings. The maximum absolute atomic E-state index is 11.6. The molecule has 0 radical (unpaired) electrons. The molecule has 1 spiro atoms. The molecule has 202 valence electrons. The van der Waals surface area contributed by atoms with Crippen LogP contribution in [0.15, 0.2) is 12.2 Å². The lowest BCUT2D eigenvalue weighted by Crippen LogP contribution is -2.44. The quantitative estimate of drug-likeness (QED) is 0.146. The molecule has 2 atom stereocenters. The standard InChI is InChI=1S/C29H50O6/c1-5-7-12-17-27(3,4)29(34-22-23-35-29)19-16-24-15-18-28(32-20-21-33-28)25(24)13-10-8-9-11-14-26(30)31-6-2/h16,19,24-25H,5-15,17-18,20-23H2,1-4H3/t24-,25-/m1/s1. The average Bonchev–Trinajstić information content (AvgIpc) is 3.57. The fourth-order valence-electron chi connectivity index (χ4n) is 6.18. The summed E-state index contributed by atoms with van der Waals surface area (Å²) in [5.74, 6) is -0.424. The summed E-state index contributed by atoms with van der Waals surface area (Å²) >= 11 is 0. The second kappa shape index (κ2) is 13.6. The Morgan fingerprint density at radius 1 is 0.943 bits per heavy atom. The van der Waals surface area contributed by atoms with Gasteiger partial charge >= 0.3 is 5.97 Å². The molecule has 0 bridgehead atoms. The van der Waals surface area contributed by atoms with E-state index in [2.05, 4.69) is 32.9 Å². The lowest BCUT2D eigenvalue weighted by molar-refractivity contribution is -0.194. The summed E-state index contributed by atoms with van der Waals surface area (Å²) in [5, 5.41) is 0. The van der Waals surface area contributed by atoms with Gasteiger partial charge in [-0.1, -0.05) is 65.4 Å². The van der Waals surface area contributed by atoms with Gasteiger partial charge in [-0.2, -0.15) is 0 Å². The first-order valence-corrected chi connectivity index (χ1v) is 14.3. The third kappa shape index (κ3) is 7.30. The monoisotopic (exact) mass is 494 g/mol. The molecular formula is C29H50O6. The van der Waals surface area contributed by atoms with E-state index in [-0.39, 0.29) is 11.4 Å². The number of rotatable bonds is 15. The van der Waals surface area contributed by atoms with Crippen molar-refractivity contribution in [1.82, 2.24) is 0 Å². The molecule has 0 aromatic heterocycles. The van der Waals surface area contributed by atoms with Gasteiger partial charge in [0.1, 0.15) is 0 Å². The molecule has 0 aromatic rings. The molecule has 3 rings (SSSR count). The van der Waals surface area contributed by atoms with Gasteiger partial charge in [0.05, 0.1) is 33.0 Å². The van der Waals surface area contributed by atoms with E-state index < -0.39 is 11.6 Å². The van der Waals surface area contributed by atoms with Crippen molar-refractivity contribution < 1.29 is 28.5 Å². The Balaban J connectivity index is 1.60. The molecule has 3 fully saturated rings. The topological polar surface area (TPSA) is 63.2 Å². The molecule has 6 heteroatoms. The summed E-state index contributed by atoms with van der Waals surface area (Å²) in [6.45, 7) is 11.8. The van der Waals surface area contributed by atoms with E-state index in [0.29, 0.717) is 51.3 Å². The SMILES string of the molecule is CCCCCC(C)(C)C1(C=C[C@H]2CCC3(OCCO3)[C@@H]2CCCCCCC(=O)OCC)OCCO1. The van der Waals surface area contributed by atoms with Crippen LogP contribution in [0.5, 0.6) is 0 Å². The molecule has 35 heavy (non-hydrogen) atoms. The van der Waals surface area contributed by atoms with Gasteiger partial charge in [-0.05, 0) is 44.6 Å². The third-order valence-electron chi connectivity index (χ3n) is 8.26. The van der Waals surface area contributed by atoms with Crippen LogP contribution in [0.4, 0.5) is 0 Å². The van der Waals surface area contributed by atoms with E-state index in [0.717, 1.165) is 51.4 Å². The van der Waals surface area contributed by atoms with Crippen molar-refractivity contribution in [3.8, 4) is 0 Å². The Kier molecular flexibility index (Phi) is 11.1. The summed E-state index contributed by atoms with van der Waals surface area (Å²) in [7, 11) is 0. The number of hydrogen-bond acceptors (Lipinski definition) is 6. The number of hydrogen-bond donors (Lipinski definition) is 0. The van der Waals surface area contributed by atoms with Crippen LogP contribution in [-0.2, 0) is 28.5 Å². The van der Waals surface area contributed by atoms with E-state index in [9.17, 15) is 4.79 Å². The predicted octanol–water partition coefficient (Wildman–Crippen LogP) is 6.57. The lowest BCUT2D eigenvalue weighted by atomic mass is 9.77. The van der Waals surface area contributed by atoms with E-state index >= 15 is 0 Å². The first-order valence-electron chi connectivity index (χ1n) is 14.3. The minimum Gasteiger partial charge on any atom is -0.466 e. The zero-order valence-electron chi connectivity index (χ0n) is 22.8. The normalized spacial score (nSPS) is 25.7. The van der Waals surface area contributed by atoms with Gasteiger partial charge in [-0.3, -0.25) is 4.79 Å². The average molecular weight is 495 g/mol. The van der Waals surface area contributed by atoms with Gasteiger partial charge in [-0.25, -0.2) is 0 Å². The maximum Gasteiger partial charge on any atom is 0.305 e. The Morgan fingerprint density at radius 3 is 2.31 bits per heavy atom. The highest BCUT2D eigenvalue weighted by Gasteiger charge is 2.53. The number of allylic oxidation sites excluding steroid dienone is 1. The molecule has 2 aliphatic heterocycles. The Morgan fingerprint density at radius 2 is 1.63 bits per heavy atom. The van der Waals surface area contributed by atoms with Crippen molar-refractivity contribution in [2.45, 2.75) is 116 Å². The predicted molar refractivity (Wildman–Crippen MR) is 137 cm³/mol. The van der Waals surface area contributed by atoms with Crippen molar-refractivity contribution in [1.29, 1.82) is 0 Å². The number of unbranched alkanes of at least 4 members (excludes halogenated alkanes) is 5. The zero-order valence-corrected chi connectivity index (χ0v) is 22.8. The summed E-state index contributed by atoms with van der Waals surface area (Å²) in [4.78, 5) is 11.6. The van der Waals surface area contributed by atoms with Crippen LogP contribution in [0.3, 0.4) is 0 Å². The van der Waals surface area contributed by atoms with Gasteiger partial charge in [0.2, 0.25) is 0 Å². The van der Waals surface area contributed by atoms with Crippen LogP contribution < -0.4 is 0 Å². The van der Waals surface area contributed by atoms with E-state index in [1.165, 1.54) is 19.3 Å². The smallest absolute Gasteiger partial charge is 0.305 e. The molecule has 0 aromatic carbocycles. The molecule has 2 saturated heterocycles. The van der Waals surface area contributed by atoms with Crippen LogP contribution in [-0.4, -0.2) is 50.6 Å². The lowest BCUT2D eigenvalue weighted by Gasteiger charge is -2.40. The largest absolute Gasteiger partial charge is 0.466 e. The minimum absolute atomic E-state index is 0.0805. The Labute approximate surface area is 213 Å². The minimum atomic E-state index is -0.647. The maximum atomic E-state index is 11.6. The molecule has 1 aliphatic carbocycles. The Hall–Kier alpha value is -0.950. The van der Waals surface area contributed by atoms with Gasteiger partial charge in [0.15, 0.2) is 11.6 Å². The highest BCUT2D eigenvalue weighted by Crippen LogP contribution is 2.50. The number of carbonyl (C=O) groups is 1. The van der Waals surface area contributed by atoms with Crippen LogP contribution >= 0.6 is 0 Å². The summed E-state index contributed by atoms with van der Waals surface area (Å²) < 4.78 is 30.1. The van der Waals surface area contributed by atoms with Crippen molar-refractivity contribution in [2.24, 2.45) is 17.3 Å². The molecule has 0 amide bonds. The fourth-order valence-corrected chi connectivity index (χ4v) is 6.18. The zero-order chi connectivity index (χ0) is 25.2. The molecule has 6 nitrogen and oxygen atoms in total. The first kappa shape index (κ1) is 28.6. The van der Waals surface area contributed by atoms with Crippen LogP contribution in [0.2, 0.25) is 0 Å². The number of esters is 1. The molecular weight excluding hydrogens is 444 g/mol. The molecule has 1 saturated carbocycles. The summed E-state index contributed by atoms with van der Waals surface area (Å²) in [6.07, 6.45) is 17.1. The third-order valence-corrected chi connectivity index (χ3v) is 8.26. The second-order valence-electron chi connectivity index (χ2n) is 11.1. The molecule has 0 unspecified atom stereocenters. The highest BCUT2D eigenvalue weighted by atomic mass is 16.7. The Bertz CT molecular complexity index is 660. The van der Waals surface area contributed by atoms with E-state index in [1.54, 1.807) is 0 Å². The van der Waals surface area contributed by atoms with Gasteiger partial charge in [0, 0.05) is 24.2 Å². The van der Waals surface area contributed by atoms with Gasteiger partial charge in [-0.15, -0.1) is 0 Å². The van der Waals surface area contributed by atoms with Crippen molar-refractivity contribution >= 4 is 5.97 Å². The first-order chi connectivity index (χ1) is 16.9. The molecule has 2 heterocycles. The van der Waals surface area contributed by atoms with Crippen molar-refractivity contribution in [3.63, 3.8) is 0 Å². The van der Waals surface area contributed by atoms with Crippen molar-refractivity contribution in [2.75, 3.05) is 33.0 Å². The number of ether oxygens (including phenoxy) is 5. The van der Waals surface area contributed by atoms with E-state index in [1.807, 2.05) is 6.92 Å². The van der Waals surface area contributed by atoms with Gasteiger partial charge in [0.25, 0.3) is 0 Å². The van der Waals surface area contributed by atoms with E-state index in [4.69, 9.17) is 23.7 Å². The molecule has 0 N–H and O–H groups in total. The van der Waals surface area contributed by atoms with Gasteiger partial charge < -0.3 is 23.7 Å². The van der Waals surface area contributed by atoms with Crippen LogP contribution in [0, 0.1) is 17.3 Å². The second-order valence-corrected chi connectivity index (χ2v) is 11.1. The summed E-state index contributed by atoms with van der Waals surface area (Å²) in [5.41, 5.74) is -0.0831. The van der Waals surface area contributed by atoms with Crippen molar-refractivity contribution in [3.05, 3.63) is 12.2 Å².